The summed E-state index contributed by atoms with van der Waals surface area (Å²) in [6.45, 7) is 3.98. The summed E-state index contributed by atoms with van der Waals surface area (Å²) in [7, 11) is 0. The number of hydrogen-bond donors (Lipinski definition) is 0. The van der Waals surface area contributed by atoms with Crippen LogP contribution in [0.3, 0.4) is 0 Å². The molecule has 0 saturated carbocycles. The van der Waals surface area contributed by atoms with E-state index in [1.54, 1.807) is 5.51 Å². The van der Waals surface area contributed by atoms with E-state index in [1.165, 1.54) is 30.7 Å². The first kappa shape index (κ1) is 10.2. The highest BCUT2D eigenvalue weighted by Gasteiger charge is 2.33. The summed E-state index contributed by atoms with van der Waals surface area (Å²) in [4.78, 5) is 20.7. The van der Waals surface area contributed by atoms with E-state index in [0.717, 1.165) is 19.6 Å². The van der Waals surface area contributed by atoms with Gasteiger partial charge in [-0.2, -0.15) is 0 Å². The average molecular weight is 237 g/mol. The molecule has 1 amide bonds. The zero-order valence-electron chi connectivity index (χ0n) is 9.13. The van der Waals surface area contributed by atoms with E-state index in [4.69, 9.17) is 0 Å². The predicted molar refractivity (Wildman–Crippen MR) is 62.6 cm³/mol. The van der Waals surface area contributed by atoms with Gasteiger partial charge in [0.1, 0.15) is 5.69 Å². The fourth-order valence-corrected chi connectivity index (χ4v) is 3.18. The number of hydrogen-bond acceptors (Lipinski definition) is 4. The van der Waals surface area contributed by atoms with Gasteiger partial charge >= 0.3 is 0 Å². The second-order valence-corrected chi connectivity index (χ2v) is 5.18. The average Bonchev–Trinajstić information content (AvgIpc) is 2.98. The molecule has 1 unspecified atom stereocenters. The summed E-state index contributed by atoms with van der Waals surface area (Å²) in [6, 6.07) is 0.594. The maximum absolute atomic E-state index is 12.1. The number of carbonyl (C=O) groups excluding carboxylic acids is 1. The second kappa shape index (κ2) is 4.14. The Morgan fingerprint density at radius 2 is 2.38 bits per heavy atom. The Labute approximate surface area is 98.9 Å². The molecule has 0 aromatic carbocycles. The van der Waals surface area contributed by atoms with Gasteiger partial charge in [0.25, 0.3) is 5.91 Å². The Morgan fingerprint density at radius 1 is 1.44 bits per heavy atom. The number of rotatable bonds is 1. The smallest absolute Gasteiger partial charge is 0.273 e. The van der Waals surface area contributed by atoms with Crippen LogP contribution in [0.4, 0.5) is 0 Å². The first-order valence-electron chi connectivity index (χ1n) is 5.76. The Balaban J connectivity index is 1.70. The van der Waals surface area contributed by atoms with Crippen molar-refractivity contribution in [3.8, 4) is 0 Å². The molecule has 1 aromatic heterocycles. The van der Waals surface area contributed by atoms with E-state index in [2.05, 4.69) is 9.88 Å². The lowest BCUT2D eigenvalue weighted by Gasteiger charge is -2.37. The van der Waals surface area contributed by atoms with Gasteiger partial charge in [0.2, 0.25) is 0 Å². The van der Waals surface area contributed by atoms with E-state index in [1.807, 2.05) is 10.3 Å². The molecule has 1 atom stereocenters. The van der Waals surface area contributed by atoms with Crippen LogP contribution in [0, 0.1) is 0 Å². The lowest BCUT2D eigenvalue weighted by Crippen LogP contribution is -2.52. The summed E-state index contributed by atoms with van der Waals surface area (Å²) in [5.41, 5.74) is 2.33. The summed E-state index contributed by atoms with van der Waals surface area (Å²) in [6.07, 6.45) is 2.52. The molecule has 2 fully saturated rings. The third-order valence-electron chi connectivity index (χ3n) is 3.53. The highest BCUT2D eigenvalue weighted by atomic mass is 32.1. The van der Waals surface area contributed by atoms with E-state index >= 15 is 0 Å². The van der Waals surface area contributed by atoms with Crippen molar-refractivity contribution in [1.82, 2.24) is 14.8 Å². The topological polar surface area (TPSA) is 36.4 Å². The van der Waals surface area contributed by atoms with Crippen molar-refractivity contribution in [2.75, 3.05) is 26.2 Å². The molecule has 1 aromatic rings. The molecule has 3 heterocycles. The molecule has 0 bridgehead atoms. The van der Waals surface area contributed by atoms with Gasteiger partial charge in [-0.3, -0.25) is 9.69 Å². The zero-order chi connectivity index (χ0) is 11.0. The number of carbonyl (C=O) groups is 1. The van der Waals surface area contributed by atoms with Crippen LogP contribution in [-0.2, 0) is 0 Å². The number of piperazine rings is 1. The van der Waals surface area contributed by atoms with Gasteiger partial charge in [-0.15, -0.1) is 11.3 Å². The van der Waals surface area contributed by atoms with Crippen LogP contribution in [0.25, 0.3) is 0 Å². The molecular formula is C11H15N3OS. The molecule has 2 aliphatic rings. The standard InChI is InChI=1S/C11H15N3OS/c15-11(10-7-16-8-12-10)14-5-4-13-3-1-2-9(13)6-14/h7-9H,1-6H2. The van der Waals surface area contributed by atoms with Crippen molar-refractivity contribution >= 4 is 17.2 Å². The minimum absolute atomic E-state index is 0.104. The van der Waals surface area contributed by atoms with Crippen LogP contribution < -0.4 is 0 Å². The number of nitrogens with zero attached hydrogens (tertiary/aromatic N) is 3. The highest BCUT2D eigenvalue weighted by molar-refractivity contribution is 7.07. The highest BCUT2D eigenvalue weighted by Crippen LogP contribution is 2.22. The molecule has 2 aliphatic heterocycles. The van der Waals surface area contributed by atoms with Crippen molar-refractivity contribution in [1.29, 1.82) is 0 Å². The number of aromatic nitrogens is 1. The molecule has 0 aliphatic carbocycles. The van der Waals surface area contributed by atoms with E-state index in [9.17, 15) is 4.79 Å². The Bertz CT molecular complexity index is 379. The largest absolute Gasteiger partial charge is 0.334 e. The lowest BCUT2D eigenvalue weighted by molar-refractivity contribution is 0.0566. The van der Waals surface area contributed by atoms with Crippen molar-refractivity contribution in [2.24, 2.45) is 0 Å². The summed E-state index contributed by atoms with van der Waals surface area (Å²) in [5, 5.41) is 1.84. The molecule has 86 valence electrons. The molecule has 2 saturated heterocycles. The fraction of sp³-hybridized carbons (Fsp3) is 0.636. The maximum Gasteiger partial charge on any atom is 0.273 e. The van der Waals surface area contributed by atoms with Crippen LogP contribution in [0.2, 0.25) is 0 Å². The summed E-state index contributed by atoms with van der Waals surface area (Å²) < 4.78 is 0. The van der Waals surface area contributed by atoms with Gasteiger partial charge in [0, 0.05) is 31.1 Å². The molecule has 16 heavy (non-hydrogen) atoms. The summed E-state index contributed by atoms with van der Waals surface area (Å²) >= 11 is 1.48. The third kappa shape index (κ3) is 1.74. The van der Waals surface area contributed by atoms with Crippen molar-refractivity contribution in [3.63, 3.8) is 0 Å². The normalized spacial score (nSPS) is 25.8. The van der Waals surface area contributed by atoms with Crippen LogP contribution in [0.5, 0.6) is 0 Å². The van der Waals surface area contributed by atoms with E-state index < -0.39 is 0 Å². The molecule has 0 spiro atoms. The molecule has 0 radical (unpaired) electrons. The number of amides is 1. The molecule has 3 rings (SSSR count). The van der Waals surface area contributed by atoms with Gasteiger partial charge in [-0.25, -0.2) is 4.98 Å². The first-order chi connectivity index (χ1) is 7.84. The van der Waals surface area contributed by atoms with Gasteiger partial charge in [0.05, 0.1) is 5.51 Å². The Kier molecular flexibility index (Phi) is 2.65. The van der Waals surface area contributed by atoms with Gasteiger partial charge < -0.3 is 4.90 Å². The lowest BCUT2D eigenvalue weighted by atomic mass is 10.1. The quantitative estimate of drug-likeness (QED) is 0.733. The van der Waals surface area contributed by atoms with Crippen LogP contribution in [0.1, 0.15) is 23.3 Å². The first-order valence-corrected chi connectivity index (χ1v) is 6.70. The van der Waals surface area contributed by atoms with Gasteiger partial charge in [-0.05, 0) is 19.4 Å². The number of fused-ring (bicyclic) bond motifs is 1. The minimum Gasteiger partial charge on any atom is -0.334 e. The molecule has 0 N–H and O–H groups in total. The van der Waals surface area contributed by atoms with Gasteiger partial charge in [0.15, 0.2) is 0 Å². The van der Waals surface area contributed by atoms with Gasteiger partial charge in [-0.1, -0.05) is 0 Å². The Hall–Kier alpha value is -0.940. The summed E-state index contributed by atoms with van der Waals surface area (Å²) in [5.74, 6) is 0.104. The van der Waals surface area contributed by atoms with Crippen LogP contribution >= 0.6 is 11.3 Å². The van der Waals surface area contributed by atoms with E-state index in [0.29, 0.717) is 11.7 Å². The molecular weight excluding hydrogens is 222 g/mol. The molecule has 5 heteroatoms. The minimum atomic E-state index is 0.104. The van der Waals surface area contributed by atoms with Crippen molar-refractivity contribution < 1.29 is 4.79 Å². The van der Waals surface area contributed by atoms with Crippen LogP contribution in [0.15, 0.2) is 10.9 Å². The molecule has 4 nitrogen and oxygen atoms in total. The monoisotopic (exact) mass is 237 g/mol. The zero-order valence-corrected chi connectivity index (χ0v) is 9.95. The predicted octanol–water partition coefficient (Wildman–Crippen LogP) is 1.06. The second-order valence-electron chi connectivity index (χ2n) is 4.46. The third-order valence-corrected chi connectivity index (χ3v) is 4.11. The Morgan fingerprint density at radius 3 is 3.19 bits per heavy atom. The number of thiazole rings is 1. The maximum atomic E-state index is 12.1. The van der Waals surface area contributed by atoms with Crippen LogP contribution in [-0.4, -0.2) is 52.9 Å². The fourth-order valence-electron chi connectivity index (χ4n) is 2.66. The SMILES string of the molecule is O=C(c1cscn1)N1CCN2CCCC2C1. The van der Waals surface area contributed by atoms with Crippen molar-refractivity contribution in [2.45, 2.75) is 18.9 Å². The van der Waals surface area contributed by atoms with E-state index in [-0.39, 0.29) is 5.91 Å². The van der Waals surface area contributed by atoms with Crippen molar-refractivity contribution in [3.05, 3.63) is 16.6 Å².